The highest BCUT2D eigenvalue weighted by molar-refractivity contribution is 7.88. The summed E-state index contributed by atoms with van der Waals surface area (Å²) in [6, 6.07) is 12.9. The van der Waals surface area contributed by atoms with Crippen molar-refractivity contribution in [2.75, 3.05) is 13.1 Å². The second-order valence-corrected chi connectivity index (χ2v) is 9.15. The SMILES string of the molecule is O=S(=O)(Cc1c(Cl)cccc1Cl)NCc1ccccc1CN1CCCC1. The first-order valence-corrected chi connectivity index (χ1v) is 11.0. The Bertz CT molecular complexity index is 845. The molecule has 1 heterocycles. The third-order valence-electron chi connectivity index (χ3n) is 4.59. The van der Waals surface area contributed by atoms with Gasteiger partial charge >= 0.3 is 0 Å². The van der Waals surface area contributed by atoms with Crippen LogP contribution in [0.1, 0.15) is 29.5 Å². The van der Waals surface area contributed by atoms with Gasteiger partial charge in [0.2, 0.25) is 10.0 Å². The fraction of sp³-hybridized carbons (Fsp3) is 0.368. The number of nitrogens with zero attached hydrogens (tertiary/aromatic N) is 1. The molecule has 3 rings (SSSR count). The van der Waals surface area contributed by atoms with Crippen LogP contribution in [0.3, 0.4) is 0 Å². The molecule has 2 aromatic carbocycles. The van der Waals surface area contributed by atoms with Crippen LogP contribution in [0.15, 0.2) is 42.5 Å². The molecule has 1 aliphatic heterocycles. The first-order valence-electron chi connectivity index (χ1n) is 8.64. The van der Waals surface area contributed by atoms with Crippen molar-refractivity contribution in [1.29, 1.82) is 0 Å². The van der Waals surface area contributed by atoms with Crippen LogP contribution in [0.5, 0.6) is 0 Å². The second kappa shape index (κ2) is 8.72. The quantitative estimate of drug-likeness (QED) is 0.740. The molecular formula is C19H22Cl2N2O2S. The lowest BCUT2D eigenvalue weighted by molar-refractivity contribution is 0.330. The summed E-state index contributed by atoms with van der Waals surface area (Å²) in [4.78, 5) is 2.40. The van der Waals surface area contributed by atoms with Gasteiger partial charge in [0.1, 0.15) is 0 Å². The van der Waals surface area contributed by atoms with Gasteiger partial charge in [-0.1, -0.05) is 53.5 Å². The van der Waals surface area contributed by atoms with Crippen molar-refractivity contribution >= 4 is 33.2 Å². The molecule has 1 fully saturated rings. The lowest BCUT2D eigenvalue weighted by Crippen LogP contribution is -2.26. The molecule has 0 amide bonds. The number of benzene rings is 2. The van der Waals surface area contributed by atoms with Gasteiger partial charge in [-0.05, 0) is 49.2 Å². The normalized spacial score (nSPS) is 15.5. The maximum atomic E-state index is 12.5. The average molecular weight is 413 g/mol. The zero-order valence-corrected chi connectivity index (χ0v) is 16.7. The molecule has 0 unspecified atom stereocenters. The van der Waals surface area contributed by atoms with Gasteiger partial charge in [0.05, 0.1) is 5.75 Å². The van der Waals surface area contributed by atoms with Crippen molar-refractivity contribution in [2.24, 2.45) is 0 Å². The maximum absolute atomic E-state index is 12.5. The fourth-order valence-electron chi connectivity index (χ4n) is 3.16. The average Bonchev–Trinajstić information content (AvgIpc) is 3.11. The molecule has 0 spiro atoms. The van der Waals surface area contributed by atoms with Crippen molar-refractivity contribution in [3.8, 4) is 0 Å². The number of likely N-dealkylation sites (tertiary alicyclic amines) is 1. The summed E-state index contributed by atoms with van der Waals surface area (Å²) in [5.41, 5.74) is 2.58. The number of sulfonamides is 1. The highest BCUT2D eigenvalue weighted by Gasteiger charge is 2.18. The van der Waals surface area contributed by atoms with Crippen molar-refractivity contribution in [3.63, 3.8) is 0 Å². The van der Waals surface area contributed by atoms with E-state index in [-0.39, 0.29) is 12.3 Å². The van der Waals surface area contributed by atoms with Gasteiger partial charge in [-0.2, -0.15) is 0 Å². The summed E-state index contributed by atoms with van der Waals surface area (Å²) in [7, 11) is -3.55. The molecule has 1 N–H and O–H groups in total. The summed E-state index contributed by atoms with van der Waals surface area (Å²) in [6.07, 6.45) is 2.46. The van der Waals surface area contributed by atoms with E-state index >= 15 is 0 Å². The highest BCUT2D eigenvalue weighted by atomic mass is 35.5. The molecule has 0 saturated carbocycles. The molecule has 0 bridgehead atoms. The minimum Gasteiger partial charge on any atom is -0.299 e. The van der Waals surface area contributed by atoms with E-state index < -0.39 is 10.0 Å². The van der Waals surface area contributed by atoms with Crippen molar-refractivity contribution in [2.45, 2.75) is 31.7 Å². The van der Waals surface area contributed by atoms with Crippen LogP contribution in [-0.4, -0.2) is 26.4 Å². The molecule has 1 aliphatic rings. The fourth-order valence-corrected chi connectivity index (χ4v) is 5.02. The number of halogens is 2. The first kappa shape index (κ1) is 19.6. The van der Waals surface area contributed by atoms with E-state index in [9.17, 15) is 8.42 Å². The van der Waals surface area contributed by atoms with Gasteiger partial charge < -0.3 is 0 Å². The second-order valence-electron chi connectivity index (χ2n) is 6.53. The van der Waals surface area contributed by atoms with Crippen LogP contribution < -0.4 is 4.72 Å². The van der Waals surface area contributed by atoms with Gasteiger partial charge in [-0.3, -0.25) is 4.90 Å². The van der Waals surface area contributed by atoms with Crippen molar-refractivity contribution < 1.29 is 8.42 Å². The molecule has 0 radical (unpaired) electrons. The smallest absolute Gasteiger partial charge is 0.216 e. The van der Waals surface area contributed by atoms with Crippen LogP contribution in [0, 0.1) is 0 Å². The Hall–Kier alpha value is -1.11. The number of hydrogen-bond donors (Lipinski definition) is 1. The molecule has 26 heavy (non-hydrogen) atoms. The van der Waals surface area contributed by atoms with E-state index in [0.717, 1.165) is 30.8 Å². The Kier molecular flexibility index (Phi) is 6.59. The molecule has 7 heteroatoms. The molecular weight excluding hydrogens is 391 g/mol. The summed E-state index contributed by atoms with van der Waals surface area (Å²) < 4.78 is 27.7. The molecule has 0 aliphatic carbocycles. The first-order chi connectivity index (χ1) is 12.4. The summed E-state index contributed by atoms with van der Waals surface area (Å²) >= 11 is 12.2. The summed E-state index contributed by atoms with van der Waals surface area (Å²) in [6.45, 7) is 3.32. The van der Waals surface area contributed by atoms with Crippen LogP contribution in [0.2, 0.25) is 10.0 Å². The van der Waals surface area contributed by atoms with E-state index in [4.69, 9.17) is 23.2 Å². The monoisotopic (exact) mass is 412 g/mol. The largest absolute Gasteiger partial charge is 0.299 e. The Labute approximate surface area is 165 Å². The van der Waals surface area contributed by atoms with Crippen molar-refractivity contribution in [1.82, 2.24) is 9.62 Å². The van der Waals surface area contributed by atoms with Gasteiger partial charge in [0.25, 0.3) is 0 Å². The van der Waals surface area contributed by atoms with Gasteiger partial charge in [0.15, 0.2) is 0 Å². The molecule has 2 aromatic rings. The molecule has 0 atom stereocenters. The van der Waals surface area contributed by atoms with Crippen molar-refractivity contribution in [3.05, 3.63) is 69.2 Å². The maximum Gasteiger partial charge on any atom is 0.216 e. The number of hydrogen-bond acceptors (Lipinski definition) is 3. The van der Waals surface area contributed by atoms with E-state index in [1.807, 2.05) is 18.2 Å². The zero-order valence-electron chi connectivity index (χ0n) is 14.4. The third kappa shape index (κ3) is 5.21. The Morgan fingerprint density at radius 1 is 0.923 bits per heavy atom. The summed E-state index contributed by atoms with van der Waals surface area (Å²) in [5.74, 6) is -0.236. The van der Waals surface area contributed by atoms with Crippen LogP contribution in [0.25, 0.3) is 0 Å². The number of rotatable bonds is 7. The van der Waals surface area contributed by atoms with Gasteiger partial charge in [-0.25, -0.2) is 13.1 Å². The predicted octanol–water partition coefficient (Wildman–Crippen LogP) is 4.21. The van der Waals surface area contributed by atoms with E-state index in [0.29, 0.717) is 15.6 Å². The van der Waals surface area contributed by atoms with E-state index in [1.54, 1.807) is 18.2 Å². The predicted molar refractivity (Wildman–Crippen MR) is 107 cm³/mol. The van der Waals surface area contributed by atoms with E-state index in [1.165, 1.54) is 12.8 Å². The Balaban J connectivity index is 1.68. The lowest BCUT2D eigenvalue weighted by Gasteiger charge is -2.18. The molecule has 0 aromatic heterocycles. The molecule has 4 nitrogen and oxygen atoms in total. The Morgan fingerprint density at radius 2 is 1.54 bits per heavy atom. The highest BCUT2D eigenvalue weighted by Crippen LogP contribution is 2.26. The third-order valence-corrected chi connectivity index (χ3v) is 6.55. The standard InChI is InChI=1S/C19H22Cl2N2O2S/c20-18-8-5-9-19(21)17(18)14-26(24,25)22-12-15-6-1-2-7-16(15)13-23-10-3-4-11-23/h1-2,5-9,22H,3-4,10-14H2. The topological polar surface area (TPSA) is 49.4 Å². The zero-order chi connectivity index (χ0) is 18.6. The lowest BCUT2D eigenvalue weighted by atomic mass is 10.1. The number of nitrogens with one attached hydrogen (secondary N) is 1. The van der Waals surface area contributed by atoms with E-state index in [2.05, 4.69) is 15.7 Å². The summed E-state index contributed by atoms with van der Waals surface area (Å²) in [5, 5.41) is 0.717. The van der Waals surface area contributed by atoms with Crippen LogP contribution in [-0.2, 0) is 28.9 Å². The van der Waals surface area contributed by atoms with Gasteiger partial charge in [0, 0.05) is 28.7 Å². The van der Waals surface area contributed by atoms with Crippen LogP contribution >= 0.6 is 23.2 Å². The molecule has 1 saturated heterocycles. The van der Waals surface area contributed by atoms with Crippen LogP contribution in [0.4, 0.5) is 0 Å². The van der Waals surface area contributed by atoms with Gasteiger partial charge in [-0.15, -0.1) is 0 Å². The minimum atomic E-state index is -3.55. The Morgan fingerprint density at radius 3 is 2.19 bits per heavy atom. The molecule has 140 valence electrons. The minimum absolute atomic E-state index is 0.236.